The second-order valence-electron chi connectivity index (χ2n) is 3.62. The van der Waals surface area contributed by atoms with E-state index in [-0.39, 0.29) is 17.5 Å². The highest BCUT2D eigenvalue weighted by atomic mass is 35.5. The van der Waals surface area contributed by atoms with Gasteiger partial charge in [-0.15, -0.1) is 11.6 Å². The molecule has 82 valence electrons. The van der Waals surface area contributed by atoms with Gasteiger partial charge in [0.05, 0.1) is 0 Å². The van der Waals surface area contributed by atoms with Crippen LogP contribution < -0.4 is 0 Å². The predicted octanol–water partition coefficient (Wildman–Crippen LogP) is 3.20. The van der Waals surface area contributed by atoms with Crippen LogP contribution in [-0.4, -0.2) is 11.7 Å². The summed E-state index contributed by atoms with van der Waals surface area (Å²) in [5.74, 6) is 0.212. The van der Waals surface area contributed by atoms with E-state index in [9.17, 15) is 9.18 Å². The maximum absolute atomic E-state index is 12.9. The van der Waals surface area contributed by atoms with Gasteiger partial charge in [0, 0.05) is 11.8 Å². The molecule has 3 heteroatoms. The number of hydrogen-bond donors (Lipinski definition) is 0. The van der Waals surface area contributed by atoms with Crippen LogP contribution in [0.1, 0.15) is 18.9 Å². The van der Waals surface area contributed by atoms with E-state index in [0.717, 1.165) is 5.56 Å². The van der Waals surface area contributed by atoms with Gasteiger partial charge >= 0.3 is 0 Å². The minimum Gasteiger partial charge on any atom is -0.300 e. The fourth-order valence-electron chi connectivity index (χ4n) is 1.53. The molecule has 1 aromatic carbocycles. The van der Waals surface area contributed by atoms with Crippen LogP contribution in [0.15, 0.2) is 24.3 Å². The van der Waals surface area contributed by atoms with Gasteiger partial charge in [0.1, 0.15) is 11.6 Å². The molecular formula is C12H14ClFO. The normalized spacial score (nSPS) is 12.5. The minimum atomic E-state index is -0.263. The quantitative estimate of drug-likeness (QED) is 0.708. The zero-order chi connectivity index (χ0) is 11.3. The van der Waals surface area contributed by atoms with Crippen LogP contribution in [0.4, 0.5) is 4.39 Å². The molecule has 0 heterocycles. The van der Waals surface area contributed by atoms with Crippen LogP contribution in [0.3, 0.4) is 0 Å². The summed E-state index contributed by atoms with van der Waals surface area (Å²) in [5.41, 5.74) is 0.848. The third-order valence-corrected chi connectivity index (χ3v) is 2.62. The molecule has 0 saturated heterocycles. The summed E-state index contributed by atoms with van der Waals surface area (Å²) >= 11 is 5.61. The van der Waals surface area contributed by atoms with E-state index < -0.39 is 0 Å². The fourth-order valence-corrected chi connectivity index (χ4v) is 1.79. The number of Topliss-reactive ketones (excluding diaryl/α,β-unsaturated/α-hetero) is 1. The topological polar surface area (TPSA) is 17.1 Å². The van der Waals surface area contributed by atoms with Gasteiger partial charge in [0.15, 0.2) is 0 Å². The van der Waals surface area contributed by atoms with E-state index in [1.807, 2.05) is 6.07 Å². The second kappa shape index (κ2) is 5.86. The Labute approximate surface area is 94.3 Å². The van der Waals surface area contributed by atoms with Crippen molar-refractivity contribution in [2.75, 3.05) is 5.88 Å². The molecule has 0 fully saturated rings. The first kappa shape index (κ1) is 12.2. The molecule has 1 atom stereocenters. The van der Waals surface area contributed by atoms with Gasteiger partial charge in [-0.25, -0.2) is 4.39 Å². The van der Waals surface area contributed by atoms with Crippen molar-refractivity contribution in [1.82, 2.24) is 0 Å². The van der Waals surface area contributed by atoms with Gasteiger partial charge in [-0.3, -0.25) is 4.79 Å². The van der Waals surface area contributed by atoms with Gasteiger partial charge in [0.2, 0.25) is 0 Å². The van der Waals surface area contributed by atoms with E-state index in [0.29, 0.717) is 18.7 Å². The molecule has 0 spiro atoms. The Morgan fingerprint density at radius 2 is 2.27 bits per heavy atom. The molecule has 0 saturated carbocycles. The van der Waals surface area contributed by atoms with Gasteiger partial charge in [-0.05, 0) is 37.5 Å². The zero-order valence-electron chi connectivity index (χ0n) is 8.67. The Morgan fingerprint density at radius 1 is 1.53 bits per heavy atom. The number of halogens is 2. The summed E-state index contributed by atoms with van der Waals surface area (Å²) in [7, 11) is 0. The molecule has 1 unspecified atom stereocenters. The zero-order valence-corrected chi connectivity index (χ0v) is 9.43. The molecule has 0 radical (unpaired) electrons. The maximum atomic E-state index is 12.9. The average Bonchev–Trinajstić information content (AvgIpc) is 2.17. The number of benzene rings is 1. The van der Waals surface area contributed by atoms with Crippen molar-refractivity contribution in [3.05, 3.63) is 35.6 Å². The van der Waals surface area contributed by atoms with Crippen LogP contribution in [0.25, 0.3) is 0 Å². The van der Waals surface area contributed by atoms with E-state index in [4.69, 9.17) is 11.6 Å². The Kier molecular flexibility index (Phi) is 4.76. The van der Waals surface area contributed by atoms with E-state index >= 15 is 0 Å². The monoisotopic (exact) mass is 228 g/mol. The summed E-state index contributed by atoms with van der Waals surface area (Å²) in [5, 5.41) is 0. The van der Waals surface area contributed by atoms with Gasteiger partial charge in [0.25, 0.3) is 0 Å². The lowest BCUT2D eigenvalue weighted by Gasteiger charge is -2.11. The summed E-state index contributed by atoms with van der Waals surface area (Å²) in [6.07, 6.45) is 1.22. The second-order valence-corrected chi connectivity index (χ2v) is 4.00. The van der Waals surface area contributed by atoms with Crippen molar-refractivity contribution in [3.8, 4) is 0 Å². The van der Waals surface area contributed by atoms with Crippen LogP contribution in [-0.2, 0) is 11.2 Å². The Balaban J connectivity index is 2.69. The molecule has 0 N–H and O–H groups in total. The van der Waals surface area contributed by atoms with E-state index in [1.165, 1.54) is 12.1 Å². The Hall–Kier alpha value is -0.890. The van der Waals surface area contributed by atoms with Crippen molar-refractivity contribution in [3.63, 3.8) is 0 Å². The number of ketones is 1. The average molecular weight is 229 g/mol. The van der Waals surface area contributed by atoms with Gasteiger partial charge in [-0.1, -0.05) is 12.1 Å². The van der Waals surface area contributed by atoms with E-state index in [1.54, 1.807) is 13.0 Å². The Morgan fingerprint density at radius 3 is 2.80 bits per heavy atom. The molecule has 0 aliphatic carbocycles. The predicted molar refractivity (Wildman–Crippen MR) is 59.6 cm³/mol. The van der Waals surface area contributed by atoms with Crippen LogP contribution >= 0.6 is 11.6 Å². The first-order valence-electron chi connectivity index (χ1n) is 4.94. The lowest BCUT2D eigenvalue weighted by molar-refractivity contribution is -0.120. The summed E-state index contributed by atoms with van der Waals surface area (Å²) in [6.45, 7) is 1.55. The lowest BCUT2D eigenvalue weighted by atomic mass is 9.93. The van der Waals surface area contributed by atoms with Crippen LogP contribution in [0, 0.1) is 11.7 Å². The summed E-state index contributed by atoms with van der Waals surface area (Å²) < 4.78 is 12.9. The van der Waals surface area contributed by atoms with Gasteiger partial charge < -0.3 is 0 Å². The van der Waals surface area contributed by atoms with Crippen molar-refractivity contribution < 1.29 is 9.18 Å². The van der Waals surface area contributed by atoms with Crippen molar-refractivity contribution in [2.45, 2.75) is 19.8 Å². The highest BCUT2D eigenvalue weighted by molar-refractivity contribution is 6.18. The number of carbonyl (C=O) groups is 1. The molecule has 0 aromatic heterocycles. The molecule has 0 aliphatic rings. The molecular weight excluding hydrogens is 215 g/mol. The van der Waals surface area contributed by atoms with Crippen molar-refractivity contribution in [2.24, 2.45) is 5.92 Å². The molecule has 1 rings (SSSR count). The third kappa shape index (κ3) is 4.00. The number of hydrogen-bond acceptors (Lipinski definition) is 1. The highest BCUT2D eigenvalue weighted by Crippen LogP contribution is 2.15. The fraction of sp³-hybridized carbons (Fsp3) is 0.417. The summed E-state index contributed by atoms with van der Waals surface area (Å²) in [4.78, 5) is 11.3. The molecule has 15 heavy (non-hydrogen) atoms. The lowest BCUT2D eigenvalue weighted by Crippen LogP contribution is -2.14. The van der Waals surface area contributed by atoms with Crippen LogP contribution in [0.2, 0.25) is 0 Å². The van der Waals surface area contributed by atoms with Crippen LogP contribution in [0.5, 0.6) is 0 Å². The molecule has 0 amide bonds. The molecule has 1 nitrogen and oxygen atoms in total. The number of alkyl halides is 1. The first-order valence-corrected chi connectivity index (χ1v) is 5.47. The number of rotatable bonds is 5. The highest BCUT2D eigenvalue weighted by Gasteiger charge is 2.14. The minimum absolute atomic E-state index is 0.0932. The third-order valence-electron chi connectivity index (χ3n) is 2.40. The standard InChI is InChI=1S/C12H14ClFO/c1-9(15)11(5-6-13)7-10-3-2-4-12(14)8-10/h2-4,8,11H,5-7H2,1H3. The molecule has 0 aliphatic heterocycles. The SMILES string of the molecule is CC(=O)C(CCCl)Cc1cccc(F)c1. The smallest absolute Gasteiger partial charge is 0.133 e. The molecule has 1 aromatic rings. The van der Waals surface area contributed by atoms with Gasteiger partial charge in [-0.2, -0.15) is 0 Å². The van der Waals surface area contributed by atoms with Crippen molar-refractivity contribution in [1.29, 1.82) is 0 Å². The maximum Gasteiger partial charge on any atom is 0.133 e. The number of carbonyl (C=O) groups excluding carboxylic acids is 1. The van der Waals surface area contributed by atoms with E-state index in [2.05, 4.69) is 0 Å². The summed E-state index contributed by atoms with van der Waals surface area (Å²) in [6, 6.07) is 6.34. The largest absolute Gasteiger partial charge is 0.300 e. The molecule has 0 bridgehead atoms. The van der Waals surface area contributed by atoms with Crippen molar-refractivity contribution >= 4 is 17.4 Å². The first-order chi connectivity index (χ1) is 7.13. The Bertz CT molecular complexity index is 338.